The number of hydrogen-bond donors (Lipinski definition) is 0. The highest BCUT2D eigenvalue weighted by molar-refractivity contribution is 7.92. The van der Waals surface area contributed by atoms with Crippen molar-refractivity contribution in [1.82, 2.24) is 11.5 Å². The molecule has 2 atom stereocenters. The number of nitro benzene ring substituents is 1. The molecule has 1 aliphatic heterocycles. The van der Waals surface area contributed by atoms with Crippen molar-refractivity contribution >= 4 is 40.3 Å². The van der Waals surface area contributed by atoms with Gasteiger partial charge in [0.05, 0.1) is 16.4 Å². The summed E-state index contributed by atoms with van der Waals surface area (Å²) in [5.74, 6) is -0.613. The van der Waals surface area contributed by atoms with Crippen molar-refractivity contribution in [3.8, 4) is 0 Å². The molecule has 0 aromatic heterocycles. The van der Waals surface area contributed by atoms with Crippen molar-refractivity contribution in [2.24, 2.45) is 11.8 Å². The van der Waals surface area contributed by atoms with Crippen LogP contribution in [0.15, 0.2) is 29.2 Å². The summed E-state index contributed by atoms with van der Waals surface area (Å²) in [5.41, 5.74) is -6.34. The van der Waals surface area contributed by atoms with Gasteiger partial charge >= 0.3 is 26.3 Å². The first kappa shape index (κ1) is 33.7. The van der Waals surface area contributed by atoms with Crippen molar-refractivity contribution in [3.05, 3.63) is 34.4 Å². The molecule has 10 nitrogen and oxygen atoms in total. The van der Waals surface area contributed by atoms with E-state index in [2.05, 4.69) is 0 Å². The van der Waals surface area contributed by atoms with Crippen LogP contribution in [0.4, 0.5) is 32.0 Å². The van der Waals surface area contributed by atoms with Gasteiger partial charge in [-0.2, -0.15) is 26.3 Å². The SMILES string of the molecule is CC(C)[C@H]1CN(CC(F)(F)F)C[C@H](C(C)C)[N](S(=O)(=O)C(F)(F)F)[Al]([CH3])[N]1S(=O)(=O)c1ccc([N+](=O)[O-])cc1. The van der Waals surface area contributed by atoms with Crippen LogP contribution >= 0.6 is 0 Å². The first-order valence-corrected chi connectivity index (χ1v) is 16.8. The maximum Gasteiger partial charge on any atom is 0.516 e. The van der Waals surface area contributed by atoms with Crippen LogP contribution in [-0.4, -0.2) is 91.2 Å². The molecule has 1 saturated heterocycles. The number of nitro groups is 1. The van der Waals surface area contributed by atoms with Gasteiger partial charge in [0.25, 0.3) is 15.7 Å². The smallest absolute Gasteiger partial charge is 0.292 e. The molecule has 1 heterocycles. The summed E-state index contributed by atoms with van der Waals surface area (Å²) in [4.78, 5) is 10.4. The summed E-state index contributed by atoms with van der Waals surface area (Å²) in [6.07, 6.45) is -4.82. The van der Waals surface area contributed by atoms with Crippen LogP contribution in [-0.2, 0) is 20.0 Å². The second-order valence-electron chi connectivity index (χ2n) is 9.93. The quantitative estimate of drug-likeness (QED) is 0.196. The average Bonchev–Trinajstić information content (AvgIpc) is 2.74. The number of non-ortho nitro benzene ring substituents is 1. The monoisotopic (exact) mass is 626 g/mol. The molecule has 1 aliphatic rings. The van der Waals surface area contributed by atoms with E-state index in [0.717, 1.165) is 35.0 Å². The van der Waals surface area contributed by atoms with Gasteiger partial charge in [0.2, 0.25) is 10.0 Å². The zero-order valence-electron chi connectivity index (χ0n) is 21.6. The molecule has 0 radical (unpaired) electrons. The van der Waals surface area contributed by atoms with Gasteiger partial charge in [-0.05, 0) is 24.0 Å². The van der Waals surface area contributed by atoms with E-state index >= 15 is 0 Å². The molecule has 1 aromatic carbocycles. The van der Waals surface area contributed by atoms with Crippen molar-refractivity contribution in [2.75, 3.05) is 19.6 Å². The highest BCUT2D eigenvalue weighted by Gasteiger charge is 2.59. The number of halogens is 6. The van der Waals surface area contributed by atoms with Crippen molar-refractivity contribution < 1.29 is 48.1 Å². The van der Waals surface area contributed by atoms with Gasteiger partial charge in [0.1, 0.15) is 0 Å². The van der Waals surface area contributed by atoms with Crippen LogP contribution in [0.1, 0.15) is 27.7 Å². The summed E-state index contributed by atoms with van der Waals surface area (Å²) < 4.78 is 137. The summed E-state index contributed by atoms with van der Waals surface area (Å²) in [6.45, 7) is 2.74. The Morgan fingerprint density at radius 2 is 1.36 bits per heavy atom. The van der Waals surface area contributed by atoms with E-state index in [-0.39, 0.29) is 3.29 Å². The average molecular weight is 627 g/mol. The number of benzene rings is 1. The highest BCUT2D eigenvalue weighted by Crippen LogP contribution is 2.37. The normalized spacial score (nSPS) is 21.8. The van der Waals surface area contributed by atoms with Crippen molar-refractivity contribution in [3.63, 3.8) is 0 Å². The molecule has 0 aliphatic carbocycles. The maximum absolute atomic E-state index is 13.9. The van der Waals surface area contributed by atoms with E-state index in [1.807, 2.05) is 0 Å². The molecule has 0 spiro atoms. The molecule has 0 amide bonds. The Balaban J connectivity index is 2.89. The van der Waals surface area contributed by atoms with Crippen molar-refractivity contribution in [2.45, 2.75) is 62.1 Å². The Kier molecular flexibility index (Phi) is 10.2. The lowest BCUT2D eigenvalue weighted by Crippen LogP contribution is -2.70. The minimum absolute atomic E-state index is 0.0680. The fourth-order valence-electron chi connectivity index (χ4n) is 4.56. The van der Waals surface area contributed by atoms with E-state index in [4.69, 9.17) is 0 Å². The van der Waals surface area contributed by atoms with Crippen LogP contribution in [0.5, 0.6) is 0 Å². The maximum atomic E-state index is 13.9. The molecule has 0 bridgehead atoms. The fraction of sp³-hybridized carbons (Fsp3) is 0.700. The molecule has 19 heteroatoms. The van der Waals surface area contributed by atoms with Gasteiger partial charge in [-0.15, -0.1) is 0 Å². The molecule has 1 fully saturated rings. The molecule has 2 rings (SSSR count). The van der Waals surface area contributed by atoms with Gasteiger partial charge in [-0.25, -0.2) is 16.8 Å². The minimum atomic E-state index is -6.20. The third kappa shape index (κ3) is 7.43. The summed E-state index contributed by atoms with van der Waals surface area (Å²) >= 11 is -3.93. The zero-order chi connectivity index (χ0) is 30.3. The number of alkyl halides is 6. The summed E-state index contributed by atoms with van der Waals surface area (Å²) in [7, 11) is -11.1. The molecule has 0 N–H and O–H groups in total. The predicted molar refractivity (Wildman–Crippen MR) is 130 cm³/mol. The van der Waals surface area contributed by atoms with Crippen LogP contribution in [0.3, 0.4) is 0 Å². The van der Waals surface area contributed by atoms with Crippen LogP contribution < -0.4 is 0 Å². The van der Waals surface area contributed by atoms with E-state index in [1.54, 1.807) is 0 Å². The zero-order valence-corrected chi connectivity index (χ0v) is 24.4. The van der Waals surface area contributed by atoms with Crippen LogP contribution in [0.25, 0.3) is 0 Å². The lowest BCUT2D eigenvalue weighted by atomic mass is 10.0. The predicted octanol–water partition coefficient (Wildman–Crippen LogP) is 3.78. The first-order chi connectivity index (χ1) is 17.5. The minimum Gasteiger partial charge on any atom is -0.292 e. The van der Waals surface area contributed by atoms with Crippen molar-refractivity contribution in [1.29, 1.82) is 0 Å². The third-order valence-electron chi connectivity index (χ3n) is 6.42. The van der Waals surface area contributed by atoms with Crippen LogP contribution in [0.2, 0.25) is 5.79 Å². The number of rotatable bonds is 7. The van der Waals surface area contributed by atoms with E-state index < -0.39 is 105 Å². The van der Waals surface area contributed by atoms with Gasteiger partial charge in [0, 0.05) is 37.3 Å². The van der Waals surface area contributed by atoms with Gasteiger partial charge < -0.3 is 0 Å². The summed E-state index contributed by atoms with van der Waals surface area (Å²) in [6, 6.07) is 0.410. The number of nitrogens with zero attached hydrogens (tertiary/aromatic N) is 4. The highest BCUT2D eigenvalue weighted by atomic mass is 32.2. The van der Waals surface area contributed by atoms with E-state index in [0.29, 0.717) is 3.29 Å². The standard InChI is InChI=1S/C19H26F6N4O6S2.CH3.Al/c1-12(2)16(26-36(32,33)15-7-5-14(6-8-15)29(30)31)9-28(11-18(20,21)22)10-17(13(3)4)27-37(34,35)19(23,24)25;;/h5-8,12-13,16-17H,9-11H2,1-4H3;1H3;/q-2;;+2/t16-,17-;;/m1../s1. The van der Waals surface area contributed by atoms with Crippen LogP contribution in [0, 0.1) is 22.0 Å². The van der Waals surface area contributed by atoms with E-state index in [9.17, 15) is 53.3 Å². The fourth-order valence-corrected chi connectivity index (χ4v) is 13.8. The topological polar surface area (TPSA) is 121 Å². The molecule has 39 heavy (non-hydrogen) atoms. The third-order valence-corrected chi connectivity index (χ3v) is 15.3. The summed E-state index contributed by atoms with van der Waals surface area (Å²) in [5, 5.41) is 11.0. The molecule has 1 aromatic rings. The molecule has 222 valence electrons. The second-order valence-corrected chi connectivity index (χ2v) is 16.7. The Morgan fingerprint density at radius 1 is 0.923 bits per heavy atom. The Labute approximate surface area is 227 Å². The second kappa shape index (κ2) is 11.8. The molecular weight excluding hydrogens is 597 g/mol. The number of sulfonamides is 2. The molecular formula is C20H29AlF6N4O6S2. The van der Waals surface area contributed by atoms with Gasteiger partial charge in [0.15, 0.2) is 0 Å². The Hall–Kier alpha value is -1.49. The lowest BCUT2D eigenvalue weighted by Gasteiger charge is -2.48. The van der Waals surface area contributed by atoms with E-state index in [1.165, 1.54) is 27.7 Å². The number of hydrogen-bond acceptors (Lipinski definition) is 7. The Morgan fingerprint density at radius 3 is 1.72 bits per heavy atom. The first-order valence-electron chi connectivity index (χ1n) is 11.7. The van der Waals surface area contributed by atoms with Gasteiger partial charge in [-0.3, -0.25) is 21.6 Å². The molecule has 0 saturated carbocycles. The largest absolute Gasteiger partial charge is 0.516 e. The van der Waals surface area contributed by atoms with Gasteiger partial charge in [-0.1, -0.05) is 33.5 Å². The Bertz CT molecular complexity index is 1240. The lowest BCUT2D eigenvalue weighted by molar-refractivity contribution is -0.384. The molecule has 0 unspecified atom stereocenters.